The molecule has 1 saturated carbocycles. The summed E-state index contributed by atoms with van der Waals surface area (Å²) in [6, 6.07) is 8.50. The lowest BCUT2D eigenvalue weighted by atomic mass is 9.99. The van der Waals surface area contributed by atoms with Gasteiger partial charge < -0.3 is 10.2 Å². The number of aryl methyl sites for hydroxylation is 2. The smallest absolute Gasteiger partial charge is 0.257 e. The van der Waals surface area contributed by atoms with Gasteiger partial charge in [-0.3, -0.25) is 14.5 Å². The van der Waals surface area contributed by atoms with Crippen LogP contribution >= 0.6 is 0 Å². The number of anilines is 1. The molecule has 1 aromatic carbocycles. The molecule has 0 atom stereocenters. The zero-order valence-electron chi connectivity index (χ0n) is 18.0. The molecule has 3 heterocycles. The molecule has 1 aliphatic heterocycles. The van der Waals surface area contributed by atoms with Gasteiger partial charge in [0.1, 0.15) is 0 Å². The lowest BCUT2D eigenvalue weighted by Crippen LogP contribution is -2.31. The third-order valence-electron chi connectivity index (χ3n) is 6.42. The molecular formula is C24H29N5O. The minimum absolute atomic E-state index is 0.107. The fourth-order valence-electron chi connectivity index (χ4n) is 4.59. The molecule has 156 valence electrons. The number of hydrogen-bond acceptors (Lipinski definition) is 4. The highest BCUT2D eigenvalue weighted by molar-refractivity contribution is 6.13. The van der Waals surface area contributed by atoms with Crippen molar-refractivity contribution in [2.24, 2.45) is 0 Å². The van der Waals surface area contributed by atoms with Crippen LogP contribution in [0.1, 0.15) is 64.8 Å². The summed E-state index contributed by atoms with van der Waals surface area (Å²) in [6.07, 6.45) is 6.48. The van der Waals surface area contributed by atoms with Gasteiger partial charge in [0.2, 0.25) is 0 Å². The standard InChI is InChI=1S/C24H29N5O/c1-15-12-16(2)23-19(14-20(17-4-5-17)25-21(23)13-15)24(30)26-22-8-11-29(27-22)18-6-9-28(3)10-7-18/h8,11-14,17-18H,4-7,9-10H2,1-3H3,(H,26,27,30). The van der Waals surface area contributed by atoms with Gasteiger partial charge in [-0.15, -0.1) is 0 Å². The van der Waals surface area contributed by atoms with E-state index in [0.29, 0.717) is 23.3 Å². The molecule has 0 radical (unpaired) electrons. The Morgan fingerprint density at radius 3 is 2.60 bits per heavy atom. The van der Waals surface area contributed by atoms with Gasteiger partial charge in [-0.2, -0.15) is 5.10 Å². The number of fused-ring (bicyclic) bond motifs is 1. The van der Waals surface area contributed by atoms with Gasteiger partial charge in [0.05, 0.1) is 17.1 Å². The predicted octanol–water partition coefficient (Wildman–Crippen LogP) is 4.44. The predicted molar refractivity (Wildman–Crippen MR) is 119 cm³/mol. The third-order valence-corrected chi connectivity index (χ3v) is 6.42. The monoisotopic (exact) mass is 403 g/mol. The summed E-state index contributed by atoms with van der Waals surface area (Å²) in [7, 11) is 2.16. The Kier molecular flexibility index (Phi) is 4.82. The molecule has 0 unspecified atom stereocenters. The Balaban J connectivity index is 1.44. The van der Waals surface area contributed by atoms with Crippen molar-refractivity contribution >= 4 is 22.6 Å². The highest BCUT2D eigenvalue weighted by Gasteiger charge is 2.27. The lowest BCUT2D eigenvalue weighted by Gasteiger charge is -2.28. The van der Waals surface area contributed by atoms with Crippen molar-refractivity contribution in [1.82, 2.24) is 19.7 Å². The van der Waals surface area contributed by atoms with Crippen LogP contribution in [0.2, 0.25) is 0 Å². The number of pyridine rings is 1. The van der Waals surface area contributed by atoms with E-state index in [0.717, 1.165) is 60.9 Å². The van der Waals surface area contributed by atoms with Crippen LogP contribution in [0.5, 0.6) is 0 Å². The van der Waals surface area contributed by atoms with Crippen molar-refractivity contribution in [3.63, 3.8) is 0 Å². The number of benzene rings is 1. The molecule has 0 bridgehead atoms. The fourth-order valence-corrected chi connectivity index (χ4v) is 4.59. The van der Waals surface area contributed by atoms with Crippen LogP contribution < -0.4 is 5.32 Å². The first-order valence-electron chi connectivity index (χ1n) is 10.9. The first-order valence-corrected chi connectivity index (χ1v) is 10.9. The molecule has 2 aliphatic rings. The number of likely N-dealkylation sites (tertiary alicyclic amines) is 1. The van der Waals surface area contributed by atoms with Gasteiger partial charge in [-0.25, -0.2) is 0 Å². The van der Waals surface area contributed by atoms with Crippen molar-refractivity contribution < 1.29 is 4.79 Å². The zero-order chi connectivity index (χ0) is 20.8. The van der Waals surface area contributed by atoms with E-state index >= 15 is 0 Å². The average molecular weight is 404 g/mol. The van der Waals surface area contributed by atoms with Crippen LogP contribution in [0, 0.1) is 13.8 Å². The summed E-state index contributed by atoms with van der Waals surface area (Å²) in [5.74, 6) is 0.997. The van der Waals surface area contributed by atoms with Gasteiger partial charge in [-0.05, 0) is 82.9 Å². The number of amides is 1. The molecule has 1 amide bonds. The van der Waals surface area contributed by atoms with Crippen molar-refractivity contribution in [2.75, 3.05) is 25.5 Å². The van der Waals surface area contributed by atoms with E-state index in [1.165, 1.54) is 5.56 Å². The van der Waals surface area contributed by atoms with E-state index in [9.17, 15) is 4.79 Å². The highest BCUT2D eigenvalue weighted by atomic mass is 16.1. The summed E-state index contributed by atoms with van der Waals surface area (Å²) in [5, 5.41) is 8.64. The van der Waals surface area contributed by atoms with Gasteiger partial charge in [-0.1, -0.05) is 6.07 Å². The minimum atomic E-state index is -0.107. The van der Waals surface area contributed by atoms with Crippen LogP contribution in [0.3, 0.4) is 0 Å². The largest absolute Gasteiger partial charge is 0.306 e. The van der Waals surface area contributed by atoms with E-state index in [-0.39, 0.29) is 5.91 Å². The molecule has 5 rings (SSSR count). The van der Waals surface area contributed by atoms with E-state index in [2.05, 4.69) is 48.3 Å². The molecule has 3 aromatic rings. The number of aromatic nitrogens is 3. The van der Waals surface area contributed by atoms with Crippen LogP contribution in [-0.4, -0.2) is 45.7 Å². The highest BCUT2D eigenvalue weighted by Crippen LogP contribution is 2.40. The number of rotatable bonds is 4. The van der Waals surface area contributed by atoms with Crippen LogP contribution in [0.25, 0.3) is 10.9 Å². The molecule has 6 nitrogen and oxygen atoms in total. The number of nitrogens with zero attached hydrogens (tertiary/aromatic N) is 4. The van der Waals surface area contributed by atoms with Crippen molar-refractivity contribution in [3.05, 3.63) is 52.8 Å². The summed E-state index contributed by atoms with van der Waals surface area (Å²) in [6.45, 7) is 6.29. The summed E-state index contributed by atoms with van der Waals surface area (Å²) < 4.78 is 2.01. The minimum Gasteiger partial charge on any atom is -0.306 e. The molecule has 2 aromatic heterocycles. The maximum absolute atomic E-state index is 13.3. The Hall–Kier alpha value is -2.73. The molecule has 6 heteroatoms. The molecule has 30 heavy (non-hydrogen) atoms. The van der Waals surface area contributed by atoms with Crippen molar-refractivity contribution in [1.29, 1.82) is 0 Å². The Morgan fingerprint density at radius 1 is 1.10 bits per heavy atom. The lowest BCUT2D eigenvalue weighted by molar-refractivity contribution is 0.102. The molecular weight excluding hydrogens is 374 g/mol. The van der Waals surface area contributed by atoms with Gasteiger partial charge in [0, 0.05) is 29.3 Å². The molecule has 2 fully saturated rings. The molecule has 1 aliphatic carbocycles. The second-order valence-corrected chi connectivity index (χ2v) is 9.01. The normalized spacial score (nSPS) is 18.1. The van der Waals surface area contributed by atoms with E-state index in [1.54, 1.807) is 0 Å². The summed E-state index contributed by atoms with van der Waals surface area (Å²) >= 11 is 0. The van der Waals surface area contributed by atoms with Crippen LogP contribution in [-0.2, 0) is 0 Å². The number of hydrogen-bond donors (Lipinski definition) is 1. The van der Waals surface area contributed by atoms with E-state index in [1.807, 2.05) is 23.0 Å². The molecule has 1 N–H and O–H groups in total. The second-order valence-electron chi connectivity index (χ2n) is 9.01. The number of carbonyl (C=O) groups is 1. The van der Waals surface area contributed by atoms with Crippen molar-refractivity contribution in [2.45, 2.75) is 51.5 Å². The zero-order valence-corrected chi connectivity index (χ0v) is 18.0. The number of piperidine rings is 1. The Bertz CT molecular complexity index is 1110. The SMILES string of the molecule is Cc1cc(C)c2c(C(=O)Nc3ccn(C4CCN(C)CC4)n3)cc(C3CC3)nc2c1. The van der Waals surface area contributed by atoms with Crippen LogP contribution in [0.4, 0.5) is 5.82 Å². The molecule has 1 saturated heterocycles. The first-order chi connectivity index (χ1) is 14.5. The van der Waals surface area contributed by atoms with Crippen LogP contribution in [0.15, 0.2) is 30.5 Å². The van der Waals surface area contributed by atoms with E-state index < -0.39 is 0 Å². The average Bonchev–Trinajstić information content (AvgIpc) is 3.47. The quantitative estimate of drug-likeness (QED) is 0.699. The Morgan fingerprint density at radius 2 is 1.87 bits per heavy atom. The fraction of sp³-hybridized carbons (Fsp3) is 0.458. The van der Waals surface area contributed by atoms with Gasteiger partial charge >= 0.3 is 0 Å². The summed E-state index contributed by atoms with van der Waals surface area (Å²) in [5.41, 5.74) is 4.91. The number of nitrogens with one attached hydrogen (secondary N) is 1. The van der Waals surface area contributed by atoms with E-state index in [4.69, 9.17) is 4.98 Å². The van der Waals surface area contributed by atoms with Gasteiger partial charge in [0.25, 0.3) is 5.91 Å². The second kappa shape index (κ2) is 7.51. The number of carbonyl (C=O) groups excluding carboxylic acids is 1. The molecule has 0 spiro atoms. The first kappa shape index (κ1) is 19.2. The van der Waals surface area contributed by atoms with Gasteiger partial charge in [0.15, 0.2) is 5.82 Å². The third kappa shape index (κ3) is 3.72. The van der Waals surface area contributed by atoms with Crippen molar-refractivity contribution in [3.8, 4) is 0 Å². The Labute approximate surface area is 177 Å². The summed E-state index contributed by atoms with van der Waals surface area (Å²) in [4.78, 5) is 20.5. The maximum atomic E-state index is 13.3. The maximum Gasteiger partial charge on any atom is 0.257 e. The topological polar surface area (TPSA) is 63.1 Å².